The van der Waals surface area contributed by atoms with Gasteiger partial charge in [0.25, 0.3) is 0 Å². The summed E-state index contributed by atoms with van der Waals surface area (Å²) < 4.78 is 0. The molecule has 0 aliphatic carbocycles. The average Bonchev–Trinajstić information content (AvgIpc) is 2.97. The van der Waals surface area contributed by atoms with E-state index in [0.717, 1.165) is 50.3 Å². The van der Waals surface area contributed by atoms with Crippen LogP contribution in [0.1, 0.15) is 142 Å². The van der Waals surface area contributed by atoms with Gasteiger partial charge in [-0.2, -0.15) is 0 Å². The van der Waals surface area contributed by atoms with E-state index in [0.29, 0.717) is 17.6 Å². The molecule has 246 valence electrons. The first-order valence-corrected chi connectivity index (χ1v) is 16.9. The third kappa shape index (κ3) is 16.9. The molecule has 2 aromatic rings. The van der Waals surface area contributed by atoms with Crippen LogP contribution in [0, 0.1) is 19.8 Å². The van der Waals surface area contributed by atoms with Crippen LogP contribution < -0.4 is 5.32 Å². The first-order chi connectivity index (χ1) is 20.3. The molecule has 0 saturated carbocycles. The molecule has 0 aliphatic rings. The lowest BCUT2D eigenvalue weighted by Crippen LogP contribution is -2.29. The fourth-order valence-electron chi connectivity index (χ4n) is 4.79. The number of phenols is 1. The molecule has 0 heterocycles. The molecule has 0 unspecified atom stereocenters. The van der Waals surface area contributed by atoms with Crippen molar-refractivity contribution in [3.8, 4) is 5.75 Å². The van der Waals surface area contributed by atoms with E-state index >= 15 is 0 Å². The van der Waals surface area contributed by atoms with Gasteiger partial charge in [-0.05, 0) is 107 Å². The van der Waals surface area contributed by atoms with Crippen LogP contribution in [0.4, 0.5) is 0 Å². The van der Waals surface area contributed by atoms with Crippen molar-refractivity contribution < 1.29 is 5.11 Å². The SMILES string of the molecule is C/C=C(\C)CN(Cc1cc(Cc2cc(CNCC)c(C)c(C(C)C)c2)cc(C)c1O)CC(C)C.CC.CC.CC=C(C)C. The van der Waals surface area contributed by atoms with Crippen LogP contribution >= 0.6 is 0 Å². The lowest BCUT2D eigenvalue weighted by atomic mass is 9.89. The molecule has 43 heavy (non-hydrogen) atoms. The molecule has 2 N–H and O–H groups in total. The van der Waals surface area contributed by atoms with Crippen molar-refractivity contribution in [2.75, 3.05) is 19.6 Å². The zero-order valence-electron chi connectivity index (χ0n) is 31.3. The van der Waals surface area contributed by atoms with Gasteiger partial charge in [0.05, 0.1) is 0 Å². The van der Waals surface area contributed by atoms with Crippen molar-refractivity contribution in [2.45, 2.75) is 136 Å². The van der Waals surface area contributed by atoms with E-state index in [9.17, 15) is 5.11 Å². The van der Waals surface area contributed by atoms with Gasteiger partial charge >= 0.3 is 0 Å². The quantitative estimate of drug-likeness (QED) is 0.240. The summed E-state index contributed by atoms with van der Waals surface area (Å²) in [6.45, 7) is 38.6. The molecule has 0 aromatic heterocycles. The summed E-state index contributed by atoms with van der Waals surface area (Å²) in [6, 6.07) is 9.13. The van der Waals surface area contributed by atoms with Crippen LogP contribution in [-0.4, -0.2) is 29.6 Å². The third-order valence-electron chi connectivity index (χ3n) is 7.21. The first-order valence-electron chi connectivity index (χ1n) is 16.9. The third-order valence-corrected chi connectivity index (χ3v) is 7.21. The molecule has 0 fully saturated rings. The van der Waals surface area contributed by atoms with Gasteiger partial charge in [-0.3, -0.25) is 4.90 Å². The smallest absolute Gasteiger partial charge is 0.122 e. The Morgan fingerprint density at radius 1 is 0.860 bits per heavy atom. The Hall–Kier alpha value is -2.36. The molecule has 0 bridgehead atoms. The largest absolute Gasteiger partial charge is 0.507 e. The van der Waals surface area contributed by atoms with Crippen molar-refractivity contribution >= 4 is 0 Å². The number of phenolic OH excluding ortho intramolecular Hbond substituents is 1. The van der Waals surface area contributed by atoms with Crippen LogP contribution in [0.15, 0.2) is 47.6 Å². The highest BCUT2D eigenvalue weighted by Crippen LogP contribution is 2.29. The van der Waals surface area contributed by atoms with Gasteiger partial charge in [0.15, 0.2) is 0 Å². The van der Waals surface area contributed by atoms with Gasteiger partial charge < -0.3 is 10.4 Å². The highest BCUT2D eigenvalue weighted by atomic mass is 16.3. The topological polar surface area (TPSA) is 35.5 Å². The lowest BCUT2D eigenvalue weighted by Gasteiger charge is -2.26. The van der Waals surface area contributed by atoms with Crippen molar-refractivity contribution in [2.24, 2.45) is 5.92 Å². The summed E-state index contributed by atoms with van der Waals surface area (Å²) in [6.07, 6.45) is 5.15. The predicted molar refractivity (Wildman–Crippen MR) is 196 cm³/mol. The van der Waals surface area contributed by atoms with E-state index in [2.05, 4.69) is 116 Å². The monoisotopic (exact) mass is 595 g/mol. The maximum Gasteiger partial charge on any atom is 0.122 e. The highest BCUT2D eigenvalue weighted by Gasteiger charge is 2.15. The number of nitrogens with one attached hydrogen (secondary N) is 1. The Balaban J connectivity index is 0. The molecule has 3 heteroatoms. The van der Waals surface area contributed by atoms with E-state index in [1.54, 1.807) is 0 Å². The second-order valence-electron chi connectivity index (χ2n) is 12.1. The fourth-order valence-corrected chi connectivity index (χ4v) is 4.79. The minimum absolute atomic E-state index is 0.440. The summed E-state index contributed by atoms with van der Waals surface area (Å²) in [7, 11) is 0. The van der Waals surface area contributed by atoms with E-state index in [1.807, 2.05) is 41.5 Å². The molecule has 2 rings (SSSR count). The highest BCUT2D eigenvalue weighted by molar-refractivity contribution is 5.46. The summed E-state index contributed by atoms with van der Waals surface area (Å²) >= 11 is 0. The second kappa shape index (κ2) is 24.0. The molecule has 0 spiro atoms. The Morgan fingerprint density at radius 3 is 1.86 bits per heavy atom. The van der Waals surface area contributed by atoms with Crippen LogP contribution in [0.3, 0.4) is 0 Å². The molecule has 0 saturated heterocycles. The van der Waals surface area contributed by atoms with Crippen molar-refractivity contribution in [1.82, 2.24) is 10.2 Å². The zero-order valence-corrected chi connectivity index (χ0v) is 31.3. The molecule has 0 aliphatic heterocycles. The number of allylic oxidation sites excluding steroid dienone is 3. The maximum atomic E-state index is 10.9. The molecule has 3 nitrogen and oxygen atoms in total. The lowest BCUT2D eigenvalue weighted by molar-refractivity contribution is 0.252. The molecular formula is C40H70N2O. The number of hydrogen-bond donors (Lipinski definition) is 2. The van der Waals surface area contributed by atoms with E-state index in [4.69, 9.17) is 0 Å². The number of aryl methyl sites for hydroxylation is 1. The molecular weight excluding hydrogens is 524 g/mol. The van der Waals surface area contributed by atoms with Gasteiger partial charge in [0.1, 0.15) is 5.75 Å². The molecule has 0 amide bonds. The van der Waals surface area contributed by atoms with Gasteiger partial charge in [0.2, 0.25) is 0 Å². The van der Waals surface area contributed by atoms with Crippen molar-refractivity contribution in [3.63, 3.8) is 0 Å². The summed E-state index contributed by atoms with van der Waals surface area (Å²) in [5.41, 5.74) is 11.6. The number of hydrogen-bond acceptors (Lipinski definition) is 3. The minimum Gasteiger partial charge on any atom is -0.507 e. The zero-order chi connectivity index (χ0) is 33.7. The molecule has 0 radical (unpaired) electrons. The fraction of sp³-hybridized carbons (Fsp3) is 0.600. The maximum absolute atomic E-state index is 10.9. The predicted octanol–water partition coefficient (Wildman–Crippen LogP) is 11.3. The molecule has 0 atom stereocenters. The summed E-state index contributed by atoms with van der Waals surface area (Å²) in [5.74, 6) is 1.51. The van der Waals surface area contributed by atoms with E-state index in [-0.39, 0.29) is 0 Å². The van der Waals surface area contributed by atoms with Gasteiger partial charge in [0, 0.05) is 31.7 Å². The molecule has 2 aromatic carbocycles. The van der Waals surface area contributed by atoms with Gasteiger partial charge in [-0.15, -0.1) is 0 Å². The Kier molecular flexibility index (Phi) is 23.9. The number of aromatic hydroxyl groups is 1. The minimum atomic E-state index is 0.440. The second-order valence-corrected chi connectivity index (χ2v) is 12.1. The van der Waals surface area contributed by atoms with E-state index < -0.39 is 0 Å². The van der Waals surface area contributed by atoms with Gasteiger partial charge in [-0.1, -0.05) is 110 Å². The van der Waals surface area contributed by atoms with Crippen LogP contribution in [0.25, 0.3) is 0 Å². The Morgan fingerprint density at radius 2 is 1.40 bits per heavy atom. The Labute approximate surface area is 268 Å². The standard InChI is InChI=1S/C31H48N2O.C5H10.2C2H6/c1-10-23(7)19-33(18-21(3)4)20-29-15-26(12-24(8)31(29)34)13-27-14-28(17-32-11-2)25(9)30(16-27)22(5)6;1-4-5(2)3;2*1-2/h10,12,14-16,21-22,32,34H,11,13,17-20H2,1-9H3;4H,1-3H3;2*1-2H3/b23-10+;;;. The van der Waals surface area contributed by atoms with E-state index in [1.165, 1.54) is 39.0 Å². The Bertz CT molecular complexity index is 1090. The summed E-state index contributed by atoms with van der Waals surface area (Å²) in [5, 5.41) is 14.4. The first kappa shape index (κ1) is 42.8. The average molecular weight is 595 g/mol. The van der Waals surface area contributed by atoms with Crippen LogP contribution in [0.2, 0.25) is 0 Å². The normalized spacial score (nSPS) is 10.9. The number of benzene rings is 2. The summed E-state index contributed by atoms with van der Waals surface area (Å²) in [4.78, 5) is 2.45. The number of nitrogens with zero attached hydrogens (tertiary/aromatic N) is 1. The van der Waals surface area contributed by atoms with Crippen molar-refractivity contribution in [1.29, 1.82) is 0 Å². The van der Waals surface area contributed by atoms with Crippen LogP contribution in [0.5, 0.6) is 5.75 Å². The number of rotatable bonds is 12. The van der Waals surface area contributed by atoms with Crippen LogP contribution in [-0.2, 0) is 19.5 Å². The van der Waals surface area contributed by atoms with Crippen molar-refractivity contribution in [3.05, 3.63) is 86.5 Å². The van der Waals surface area contributed by atoms with Gasteiger partial charge in [-0.25, -0.2) is 0 Å².